The molecule has 0 spiro atoms. The quantitative estimate of drug-likeness (QED) is 0.621. The lowest BCUT2D eigenvalue weighted by Crippen LogP contribution is -2.17. The van der Waals surface area contributed by atoms with Gasteiger partial charge in [0.2, 0.25) is 0 Å². The first kappa shape index (κ1) is 13.1. The maximum atomic E-state index is 2.43. The molecule has 0 atom stereocenters. The van der Waals surface area contributed by atoms with Crippen LogP contribution >= 0.6 is 22.7 Å². The Morgan fingerprint density at radius 3 is 2.12 bits per heavy atom. The van der Waals surface area contributed by atoms with E-state index in [0.29, 0.717) is 11.3 Å². The van der Waals surface area contributed by atoms with Crippen molar-refractivity contribution in [1.29, 1.82) is 0 Å². The number of hydrogen-bond donors (Lipinski definition) is 0. The van der Waals surface area contributed by atoms with E-state index in [1.165, 1.54) is 27.1 Å². The second-order valence-electron chi connectivity index (χ2n) is 5.41. The Labute approximate surface area is 113 Å². The predicted octanol–water partition coefficient (Wildman–Crippen LogP) is 6.16. The highest BCUT2D eigenvalue weighted by molar-refractivity contribution is 7.27. The summed E-state index contributed by atoms with van der Waals surface area (Å²) in [5, 5.41) is 0. The molecule has 0 fully saturated rings. The van der Waals surface area contributed by atoms with Crippen molar-refractivity contribution < 1.29 is 0 Å². The fraction of sp³-hybridized carbons (Fsp3) is 0.600. The van der Waals surface area contributed by atoms with Crippen LogP contribution in [0.1, 0.15) is 63.1 Å². The van der Waals surface area contributed by atoms with Gasteiger partial charge in [0.15, 0.2) is 0 Å². The molecule has 2 aromatic heterocycles. The van der Waals surface area contributed by atoms with Gasteiger partial charge in [-0.05, 0) is 30.9 Å². The molecule has 0 N–H and O–H groups in total. The topological polar surface area (TPSA) is 0 Å². The number of hydrogen-bond acceptors (Lipinski definition) is 2. The van der Waals surface area contributed by atoms with E-state index >= 15 is 0 Å². The van der Waals surface area contributed by atoms with Gasteiger partial charge in [-0.15, -0.1) is 22.7 Å². The molecule has 0 saturated carbocycles. The lowest BCUT2D eigenvalue weighted by Gasteiger charge is -2.24. The Kier molecular flexibility index (Phi) is 3.65. The second-order valence-corrected chi connectivity index (χ2v) is 7.61. The Balaban J connectivity index is 2.43. The van der Waals surface area contributed by atoms with Crippen LogP contribution in [0.5, 0.6) is 0 Å². The molecule has 0 nitrogen and oxygen atoms in total. The first-order valence-corrected chi connectivity index (χ1v) is 8.17. The van der Waals surface area contributed by atoms with Crippen LogP contribution in [0.4, 0.5) is 0 Å². The Morgan fingerprint density at radius 1 is 1.06 bits per heavy atom. The third-order valence-corrected chi connectivity index (χ3v) is 6.85. The number of fused-ring (bicyclic) bond motifs is 1. The van der Waals surface area contributed by atoms with E-state index in [1.54, 1.807) is 4.88 Å². The van der Waals surface area contributed by atoms with Gasteiger partial charge in [-0.1, -0.05) is 34.6 Å². The number of rotatable bonds is 4. The van der Waals surface area contributed by atoms with Gasteiger partial charge in [-0.2, -0.15) is 0 Å². The molecule has 0 radical (unpaired) electrons. The Morgan fingerprint density at radius 2 is 1.65 bits per heavy atom. The molecular weight excluding hydrogens is 244 g/mol. The van der Waals surface area contributed by atoms with Gasteiger partial charge in [0.1, 0.15) is 0 Å². The van der Waals surface area contributed by atoms with Gasteiger partial charge in [-0.3, -0.25) is 0 Å². The summed E-state index contributed by atoms with van der Waals surface area (Å²) >= 11 is 3.98. The molecule has 94 valence electrons. The maximum Gasteiger partial charge on any atom is 0.0456 e. The molecule has 0 unspecified atom stereocenters. The van der Waals surface area contributed by atoms with Crippen molar-refractivity contribution >= 4 is 32.1 Å². The zero-order chi connectivity index (χ0) is 12.6. The van der Waals surface area contributed by atoms with Gasteiger partial charge in [0, 0.05) is 24.6 Å². The molecule has 2 aromatic rings. The van der Waals surface area contributed by atoms with Crippen LogP contribution in [0, 0.1) is 0 Å². The molecule has 17 heavy (non-hydrogen) atoms. The molecule has 2 heteroatoms. The first-order valence-electron chi connectivity index (χ1n) is 6.54. The third kappa shape index (κ3) is 2.30. The number of thiophene rings is 2. The molecule has 0 aliphatic rings. The largest absolute Gasteiger partial charge is 0.139 e. The van der Waals surface area contributed by atoms with Crippen LogP contribution in [-0.4, -0.2) is 0 Å². The smallest absolute Gasteiger partial charge is 0.0456 e. The van der Waals surface area contributed by atoms with Crippen molar-refractivity contribution in [2.45, 2.75) is 58.8 Å². The molecule has 0 aliphatic heterocycles. The maximum absolute atomic E-state index is 2.43. The average molecular weight is 266 g/mol. The SMILES string of the molecule is CCC(C)(CC)c1cc2sc(C(C)C)cc2s1. The first-order chi connectivity index (χ1) is 8.00. The zero-order valence-electron chi connectivity index (χ0n) is 11.5. The minimum atomic E-state index is 0.376. The minimum Gasteiger partial charge on any atom is -0.139 e. The van der Waals surface area contributed by atoms with Crippen LogP contribution in [0.3, 0.4) is 0 Å². The van der Waals surface area contributed by atoms with Crippen LogP contribution in [0.2, 0.25) is 0 Å². The van der Waals surface area contributed by atoms with Gasteiger partial charge in [-0.25, -0.2) is 0 Å². The lowest BCUT2D eigenvalue weighted by atomic mass is 9.83. The van der Waals surface area contributed by atoms with Crippen molar-refractivity contribution in [2.24, 2.45) is 0 Å². The molecular formula is C15H22S2. The van der Waals surface area contributed by atoms with E-state index in [4.69, 9.17) is 0 Å². The highest BCUT2D eigenvalue weighted by atomic mass is 32.1. The van der Waals surface area contributed by atoms with E-state index < -0.39 is 0 Å². The fourth-order valence-corrected chi connectivity index (χ4v) is 4.73. The Hall–Kier alpha value is -0.340. The lowest BCUT2D eigenvalue weighted by molar-refractivity contribution is 0.448. The standard InChI is InChI=1S/C15H22S2/c1-6-15(5,7-2)14-9-13-12(17-14)8-11(16-13)10(3)4/h8-10H,6-7H2,1-5H3. The van der Waals surface area contributed by atoms with Gasteiger partial charge < -0.3 is 0 Å². The van der Waals surface area contributed by atoms with Gasteiger partial charge >= 0.3 is 0 Å². The summed E-state index contributed by atoms with van der Waals surface area (Å²) in [6, 6.07) is 4.83. The second kappa shape index (κ2) is 4.74. The summed E-state index contributed by atoms with van der Waals surface area (Å²) in [6.07, 6.45) is 2.46. The van der Waals surface area contributed by atoms with Crippen LogP contribution < -0.4 is 0 Å². The Bertz CT molecular complexity index is 466. The fourth-order valence-electron chi connectivity index (χ4n) is 2.03. The van der Waals surface area contributed by atoms with Crippen molar-refractivity contribution in [2.75, 3.05) is 0 Å². The summed E-state index contributed by atoms with van der Waals surface area (Å²) in [4.78, 5) is 3.09. The molecule has 0 aromatic carbocycles. The summed E-state index contributed by atoms with van der Waals surface area (Å²) in [7, 11) is 0. The van der Waals surface area contributed by atoms with Crippen molar-refractivity contribution in [3.05, 3.63) is 21.9 Å². The van der Waals surface area contributed by atoms with E-state index in [-0.39, 0.29) is 0 Å². The highest BCUT2D eigenvalue weighted by Gasteiger charge is 2.25. The molecule has 0 saturated heterocycles. The predicted molar refractivity (Wildman–Crippen MR) is 81.7 cm³/mol. The summed E-state index contributed by atoms with van der Waals surface area (Å²) in [5.74, 6) is 0.659. The van der Waals surface area contributed by atoms with Gasteiger partial charge in [0.25, 0.3) is 0 Å². The van der Waals surface area contributed by atoms with Crippen LogP contribution in [0.15, 0.2) is 12.1 Å². The van der Waals surface area contributed by atoms with E-state index in [9.17, 15) is 0 Å². The summed E-state index contributed by atoms with van der Waals surface area (Å²) in [5.41, 5.74) is 0.376. The summed E-state index contributed by atoms with van der Waals surface area (Å²) in [6.45, 7) is 11.6. The molecule has 0 bridgehead atoms. The summed E-state index contributed by atoms with van der Waals surface area (Å²) < 4.78 is 2.98. The average Bonchev–Trinajstić information content (AvgIpc) is 2.85. The van der Waals surface area contributed by atoms with Gasteiger partial charge in [0.05, 0.1) is 0 Å². The van der Waals surface area contributed by atoms with Crippen molar-refractivity contribution in [3.63, 3.8) is 0 Å². The zero-order valence-corrected chi connectivity index (χ0v) is 13.1. The van der Waals surface area contributed by atoms with Crippen LogP contribution in [0.25, 0.3) is 9.40 Å². The molecule has 0 aliphatic carbocycles. The van der Waals surface area contributed by atoms with Crippen molar-refractivity contribution in [1.82, 2.24) is 0 Å². The minimum absolute atomic E-state index is 0.376. The highest BCUT2D eigenvalue weighted by Crippen LogP contribution is 2.42. The molecule has 2 heterocycles. The van der Waals surface area contributed by atoms with E-state index in [1.807, 2.05) is 22.7 Å². The van der Waals surface area contributed by atoms with Crippen molar-refractivity contribution in [3.8, 4) is 0 Å². The molecule has 2 rings (SSSR count). The van der Waals surface area contributed by atoms with E-state index in [2.05, 4.69) is 46.8 Å². The molecule has 0 amide bonds. The normalized spacial score (nSPS) is 12.8. The van der Waals surface area contributed by atoms with Crippen LogP contribution in [-0.2, 0) is 5.41 Å². The van der Waals surface area contributed by atoms with E-state index in [0.717, 1.165) is 0 Å². The monoisotopic (exact) mass is 266 g/mol. The third-order valence-electron chi connectivity index (χ3n) is 3.95.